The van der Waals surface area contributed by atoms with E-state index in [4.69, 9.17) is 11.6 Å². The number of halogens is 3. The van der Waals surface area contributed by atoms with E-state index in [9.17, 15) is 9.18 Å². The fraction of sp³-hybridized carbons (Fsp3) is 0.364. The third-order valence-corrected chi connectivity index (χ3v) is 2.91. The minimum Gasteiger partial charge on any atom is -0.346 e. The maximum Gasteiger partial charge on any atom is 0.235 e. The molecule has 5 heteroatoms. The summed E-state index contributed by atoms with van der Waals surface area (Å²) in [4.78, 5) is 11.2. The molecule has 0 saturated heterocycles. The number of alkyl halides is 1. The molecule has 1 aromatic carbocycles. The van der Waals surface area contributed by atoms with E-state index in [0.717, 1.165) is 0 Å². The molecule has 0 fully saturated rings. The SMILES string of the molecule is CC(C)(NC(=O)CCl)c1ccc(Br)cc1F. The third-order valence-electron chi connectivity index (χ3n) is 2.18. The van der Waals surface area contributed by atoms with E-state index in [2.05, 4.69) is 21.2 Å². The van der Waals surface area contributed by atoms with Crippen LogP contribution in [0.3, 0.4) is 0 Å². The lowest BCUT2D eigenvalue weighted by molar-refractivity contribution is -0.120. The molecular weight excluding hydrogens is 296 g/mol. The normalized spacial score (nSPS) is 11.3. The molecule has 1 amide bonds. The fourth-order valence-corrected chi connectivity index (χ4v) is 1.85. The Kier molecular flexibility index (Phi) is 4.33. The van der Waals surface area contributed by atoms with Gasteiger partial charge in [0.1, 0.15) is 11.7 Å². The molecule has 1 N–H and O–H groups in total. The predicted octanol–water partition coefficient (Wildman–Crippen LogP) is 3.18. The van der Waals surface area contributed by atoms with Crippen molar-refractivity contribution >= 4 is 33.4 Å². The summed E-state index contributed by atoms with van der Waals surface area (Å²) < 4.78 is 14.3. The van der Waals surface area contributed by atoms with Gasteiger partial charge in [-0.2, -0.15) is 0 Å². The molecule has 1 aromatic rings. The first-order valence-electron chi connectivity index (χ1n) is 4.69. The Morgan fingerprint density at radius 1 is 1.56 bits per heavy atom. The molecule has 0 heterocycles. The molecule has 16 heavy (non-hydrogen) atoms. The number of nitrogens with one attached hydrogen (secondary N) is 1. The average molecular weight is 309 g/mol. The molecule has 0 spiro atoms. The van der Waals surface area contributed by atoms with Crippen molar-refractivity contribution in [2.24, 2.45) is 0 Å². The summed E-state index contributed by atoms with van der Waals surface area (Å²) in [5.41, 5.74) is -0.356. The van der Waals surface area contributed by atoms with E-state index in [-0.39, 0.29) is 17.6 Å². The summed E-state index contributed by atoms with van der Waals surface area (Å²) in [6.45, 7) is 3.45. The lowest BCUT2D eigenvalue weighted by atomic mass is 9.94. The lowest BCUT2D eigenvalue weighted by Crippen LogP contribution is -2.42. The molecule has 2 nitrogen and oxygen atoms in total. The van der Waals surface area contributed by atoms with Gasteiger partial charge in [0, 0.05) is 10.0 Å². The summed E-state index contributed by atoms with van der Waals surface area (Å²) in [5, 5.41) is 2.66. The number of benzene rings is 1. The highest BCUT2D eigenvalue weighted by Gasteiger charge is 2.25. The quantitative estimate of drug-likeness (QED) is 0.854. The fourth-order valence-electron chi connectivity index (χ4n) is 1.45. The van der Waals surface area contributed by atoms with Crippen LogP contribution in [0.2, 0.25) is 0 Å². The molecule has 0 bridgehead atoms. The van der Waals surface area contributed by atoms with Gasteiger partial charge in [-0.25, -0.2) is 4.39 Å². The maximum absolute atomic E-state index is 13.7. The van der Waals surface area contributed by atoms with E-state index in [1.807, 2.05) is 0 Å². The van der Waals surface area contributed by atoms with Gasteiger partial charge in [0.05, 0.1) is 5.54 Å². The van der Waals surface area contributed by atoms with Crippen LogP contribution in [0.1, 0.15) is 19.4 Å². The Morgan fingerprint density at radius 3 is 2.69 bits per heavy atom. The molecular formula is C11H12BrClFNO. The number of carbonyl (C=O) groups is 1. The van der Waals surface area contributed by atoms with E-state index in [0.29, 0.717) is 10.0 Å². The second kappa shape index (κ2) is 5.15. The molecule has 0 aliphatic rings. The first kappa shape index (κ1) is 13.5. The largest absolute Gasteiger partial charge is 0.346 e. The van der Waals surface area contributed by atoms with Crippen LogP contribution in [-0.4, -0.2) is 11.8 Å². The average Bonchev–Trinajstić information content (AvgIpc) is 2.16. The van der Waals surface area contributed by atoms with Gasteiger partial charge < -0.3 is 5.32 Å². The molecule has 88 valence electrons. The zero-order valence-corrected chi connectivity index (χ0v) is 11.3. The van der Waals surface area contributed by atoms with Crippen molar-refractivity contribution in [2.75, 3.05) is 5.88 Å². The number of hydrogen-bond acceptors (Lipinski definition) is 1. The molecule has 0 aliphatic heterocycles. The summed E-state index contributed by atoms with van der Waals surface area (Å²) in [7, 11) is 0. The predicted molar refractivity (Wildman–Crippen MR) is 66.0 cm³/mol. The second-order valence-corrected chi connectivity index (χ2v) is 5.11. The van der Waals surface area contributed by atoms with Gasteiger partial charge in [0.15, 0.2) is 0 Å². The Balaban J connectivity index is 3.02. The Labute approximate surface area is 107 Å². The summed E-state index contributed by atoms with van der Waals surface area (Å²) in [6.07, 6.45) is 0. The Hall–Kier alpha value is -0.610. The van der Waals surface area contributed by atoms with Crippen LogP contribution in [0.4, 0.5) is 4.39 Å². The van der Waals surface area contributed by atoms with Crippen molar-refractivity contribution in [3.05, 3.63) is 34.1 Å². The van der Waals surface area contributed by atoms with Gasteiger partial charge in [0.25, 0.3) is 0 Å². The monoisotopic (exact) mass is 307 g/mol. The topological polar surface area (TPSA) is 29.1 Å². The number of rotatable bonds is 3. The minimum atomic E-state index is -0.781. The molecule has 0 unspecified atom stereocenters. The summed E-state index contributed by atoms with van der Waals surface area (Å²) in [5.74, 6) is -0.829. The number of hydrogen-bond donors (Lipinski definition) is 1. The van der Waals surface area contributed by atoms with E-state index >= 15 is 0 Å². The van der Waals surface area contributed by atoms with Crippen LogP contribution in [0.25, 0.3) is 0 Å². The van der Waals surface area contributed by atoms with Crippen LogP contribution in [0, 0.1) is 5.82 Å². The molecule has 0 radical (unpaired) electrons. The molecule has 1 rings (SSSR count). The van der Waals surface area contributed by atoms with E-state index < -0.39 is 5.54 Å². The van der Waals surface area contributed by atoms with Crippen molar-refractivity contribution in [3.8, 4) is 0 Å². The van der Waals surface area contributed by atoms with Gasteiger partial charge in [-0.15, -0.1) is 11.6 Å². The highest BCUT2D eigenvalue weighted by Crippen LogP contribution is 2.25. The van der Waals surface area contributed by atoms with Crippen LogP contribution < -0.4 is 5.32 Å². The van der Waals surface area contributed by atoms with Crippen molar-refractivity contribution < 1.29 is 9.18 Å². The van der Waals surface area contributed by atoms with Gasteiger partial charge in [0.2, 0.25) is 5.91 Å². The third kappa shape index (κ3) is 3.19. The van der Waals surface area contributed by atoms with Crippen LogP contribution in [0.15, 0.2) is 22.7 Å². The van der Waals surface area contributed by atoms with Crippen LogP contribution in [-0.2, 0) is 10.3 Å². The van der Waals surface area contributed by atoms with Gasteiger partial charge >= 0.3 is 0 Å². The zero-order chi connectivity index (χ0) is 12.3. The standard InChI is InChI=1S/C11H12BrClFNO/c1-11(2,15-10(16)6-13)8-4-3-7(12)5-9(8)14/h3-5H,6H2,1-2H3,(H,15,16). The van der Waals surface area contributed by atoms with Gasteiger partial charge in [-0.3, -0.25) is 4.79 Å². The molecule has 0 saturated carbocycles. The number of carbonyl (C=O) groups excluding carboxylic acids is 1. The van der Waals surface area contributed by atoms with Gasteiger partial charge in [-0.1, -0.05) is 22.0 Å². The zero-order valence-electron chi connectivity index (χ0n) is 8.98. The van der Waals surface area contributed by atoms with Crippen LogP contribution >= 0.6 is 27.5 Å². The van der Waals surface area contributed by atoms with Crippen molar-refractivity contribution in [2.45, 2.75) is 19.4 Å². The summed E-state index contributed by atoms with van der Waals surface area (Å²) in [6, 6.07) is 4.73. The minimum absolute atomic E-state index is 0.137. The first-order valence-corrected chi connectivity index (χ1v) is 6.02. The highest BCUT2D eigenvalue weighted by atomic mass is 79.9. The van der Waals surface area contributed by atoms with Gasteiger partial charge in [-0.05, 0) is 26.0 Å². The van der Waals surface area contributed by atoms with Crippen molar-refractivity contribution in [1.29, 1.82) is 0 Å². The van der Waals surface area contributed by atoms with E-state index in [1.165, 1.54) is 6.07 Å². The molecule has 0 aliphatic carbocycles. The van der Waals surface area contributed by atoms with Crippen molar-refractivity contribution in [3.63, 3.8) is 0 Å². The molecule has 0 atom stereocenters. The molecule has 0 aromatic heterocycles. The Bertz CT molecular complexity index is 409. The summed E-state index contributed by atoms with van der Waals surface area (Å²) >= 11 is 8.58. The smallest absolute Gasteiger partial charge is 0.235 e. The van der Waals surface area contributed by atoms with E-state index in [1.54, 1.807) is 26.0 Å². The maximum atomic E-state index is 13.7. The highest BCUT2D eigenvalue weighted by molar-refractivity contribution is 9.10. The second-order valence-electron chi connectivity index (χ2n) is 3.93. The van der Waals surface area contributed by atoms with Crippen LogP contribution in [0.5, 0.6) is 0 Å². The Morgan fingerprint density at radius 2 is 2.19 bits per heavy atom. The first-order chi connectivity index (χ1) is 7.36. The number of amides is 1. The lowest BCUT2D eigenvalue weighted by Gasteiger charge is -2.27. The van der Waals surface area contributed by atoms with Crippen molar-refractivity contribution in [1.82, 2.24) is 5.32 Å².